The Hall–Kier alpha value is -4.18. The van der Waals surface area contributed by atoms with Gasteiger partial charge in [-0.05, 0) is 56.7 Å². The fraction of sp³-hybridized carbons (Fsp3) is 0.310. The van der Waals surface area contributed by atoms with Crippen LogP contribution < -0.4 is 14.8 Å². The Morgan fingerprint density at radius 3 is 2.33 bits per heavy atom. The molecule has 3 aromatic rings. The van der Waals surface area contributed by atoms with Crippen molar-refractivity contribution in [1.29, 1.82) is 0 Å². The molecule has 1 N–H and O–H groups in total. The summed E-state index contributed by atoms with van der Waals surface area (Å²) in [5.74, 6) is -1.11. The summed E-state index contributed by atoms with van der Waals surface area (Å²) in [5, 5.41) is 4.07. The van der Waals surface area contributed by atoms with Crippen LogP contribution in [0, 0.1) is 12.8 Å². The van der Waals surface area contributed by atoms with Gasteiger partial charge in [-0.15, -0.1) is 11.3 Å². The quantitative estimate of drug-likeness (QED) is 0.358. The number of rotatable bonds is 8. The molecule has 39 heavy (non-hydrogen) atoms. The van der Waals surface area contributed by atoms with Crippen LogP contribution in [-0.2, 0) is 19.1 Å². The van der Waals surface area contributed by atoms with Gasteiger partial charge in [-0.1, -0.05) is 12.1 Å². The van der Waals surface area contributed by atoms with Crippen molar-refractivity contribution in [2.24, 2.45) is 10.9 Å². The highest BCUT2D eigenvalue weighted by molar-refractivity contribution is 7.16. The highest BCUT2D eigenvalue weighted by atomic mass is 32.1. The molecule has 10 heteroatoms. The predicted octanol–water partition coefficient (Wildman–Crippen LogP) is 5.67. The monoisotopic (exact) mass is 549 g/mol. The zero-order valence-electron chi connectivity index (χ0n) is 22.9. The third kappa shape index (κ3) is 5.51. The van der Waals surface area contributed by atoms with Crippen molar-refractivity contribution < 1.29 is 28.5 Å². The first-order valence-electron chi connectivity index (χ1n) is 12.2. The molecule has 2 atom stereocenters. The molecule has 204 valence electrons. The molecular formula is C29H31N3O6S. The average Bonchev–Trinajstić information content (AvgIpc) is 3.30. The number of aliphatic imine (C=N–C) groups is 1. The molecule has 1 aromatic heterocycles. The lowest BCUT2D eigenvalue weighted by atomic mass is 9.75. The Kier molecular flexibility index (Phi) is 8.35. The zero-order chi connectivity index (χ0) is 28.3. The van der Waals surface area contributed by atoms with Crippen LogP contribution in [0.2, 0.25) is 0 Å². The number of aryl methyl sites for hydroxylation is 1. The highest BCUT2D eigenvalue weighted by Gasteiger charge is 2.42. The molecule has 4 rings (SSSR count). The van der Waals surface area contributed by atoms with E-state index in [-0.39, 0.29) is 0 Å². The molecule has 0 saturated carbocycles. The number of thiazole rings is 1. The van der Waals surface area contributed by atoms with Gasteiger partial charge in [0.2, 0.25) is 0 Å². The maximum absolute atomic E-state index is 12.8. The molecule has 2 unspecified atom stereocenters. The van der Waals surface area contributed by atoms with E-state index in [1.54, 1.807) is 28.1 Å². The van der Waals surface area contributed by atoms with Crippen molar-refractivity contribution in [3.8, 4) is 22.8 Å². The number of methoxy groups -OCH3 is 4. The number of aromatic nitrogens is 1. The topological polar surface area (TPSA) is 108 Å². The van der Waals surface area contributed by atoms with Gasteiger partial charge in [0.25, 0.3) is 0 Å². The average molecular weight is 550 g/mol. The van der Waals surface area contributed by atoms with Crippen molar-refractivity contribution in [2.75, 3.05) is 33.8 Å². The van der Waals surface area contributed by atoms with Gasteiger partial charge in [-0.3, -0.25) is 9.79 Å². The molecule has 9 nitrogen and oxygen atoms in total. The number of carbonyl (C=O) groups excluding carboxylic acids is 2. The third-order valence-corrected chi connectivity index (χ3v) is 7.53. The van der Waals surface area contributed by atoms with E-state index in [4.69, 9.17) is 23.9 Å². The molecule has 0 bridgehead atoms. The number of anilines is 2. The second-order valence-electron chi connectivity index (χ2n) is 8.97. The van der Waals surface area contributed by atoms with Crippen LogP contribution in [-0.4, -0.2) is 51.1 Å². The number of hydrogen-bond donors (Lipinski definition) is 1. The van der Waals surface area contributed by atoms with Crippen LogP contribution in [0.1, 0.15) is 30.2 Å². The summed E-state index contributed by atoms with van der Waals surface area (Å²) in [6, 6.07) is 13.2. The number of carbonyl (C=O) groups is 2. The molecule has 0 spiro atoms. The molecular weight excluding hydrogens is 518 g/mol. The van der Waals surface area contributed by atoms with Crippen molar-refractivity contribution in [3.05, 3.63) is 64.2 Å². The van der Waals surface area contributed by atoms with Gasteiger partial charge in [0.05, 0.1) is 39.7 Å². The third-order valence-electron chi connectivity index (χ3n) is 6.64. The van der Waals surface area contributed by atoms with E-state index < -0.39 is 23.8 Å². The molecule has 2 aromatic carbocycles. The van der Waals surface area contributed by atoms with E-state index in [2.05, 4.69) is 10.3 Å². The molecule has 1 aliphatic rings. The molecule has 0 aliphatic carbocycles. The SMILES string of the molecule is COC(=O)C1=C(C)N=C(C)C(C(=O)OC)C1c1cccc(Nc2nc(-c3ccc(OC)c(OC)c3)c(C)s2)c1. The lowest BCUT2D eigenvalue weighted by Gasteiger charge is -2.31. The first kappa shape index (κ1) is 27.8. The maximum atomic E-state index is 12.8. The minimum absolute atomic E-state index is 0.330. The summed E-state index contributed by atoms with van der Waals surface area (Å²) in [6.45, 7) is 5.52. The second kappa shape index (κ2) is 11.7. The van der Waals surface area contributed by atoms with Gasteiger partial charge < -0.3 is 24.3 Å². The lowest BCUT2D eigenvalue weighted by molar-refractivity contribution is -0.143. The number of hydrogen-bond acceptors (Lipinski definition) is 10. The summed E-state index contributed by atoms with van der Waals surface area (Å²) < 4.78 is 21.0. The van der Waals surface area contributed by atoms with Gasteiger partial charge in [0.15, 0.2) is 16.6 Å². The van der Waals surface area contributed by atoms with Crippen LogP contribution in [0.15, 0.2) is 58.7 Å². The Morgan fingerprint density at radius 1 is 0.923 bits per heavy atom. The molecule has 0 fully saturated rings. The van der Waals surface area contributed by atoms with E-state index in [1.165, 1.54) is 25.6 Å². The fourth-order valence-electron chi connectivity index (χ4n) is 4.84. The minimum atomic E-state index is -0.762. The van der Waals surface area contributed by atoms with Crippen LogP contribution >= 0.6 is 11.3 Å². The van der Waals surface area contributed by atoms with Crippen molar-refractivity contribution in [2.45, 2.75) is 26.7 Å². The summed E-state index contributed by atoms with van der Waals surface area (Å²) in [7, 11) is 5.84. The molecule has 2 heterocycles. The van der Waals surface area contributed by atoms with E-state index >= 15 is 0 Å². The number of nitrogens with zero attached hydrogens (tertiary/aromatic N) is 2. The van der Waals surface area contributed by atoms with Gasteiger partial charge in [0, 0.05) is 33.5 Å². The maximum Gasteiger partial charge on any atom is 0.336 e. The predicted molar refractivity (Wildman–Crippen MR) is 151 cm³/mol. The van der Waals surface area contributed by atoms with Crippen LogP contribution in [0.5, 0.6) is 11.5 Å². The number of nitrogens with one attached hydrogen (secondary N) is 1. The van der Waals surface area contributed by atoms with E-state index in [0.29, 0.717) is 33.6 Å². The highest BCUT2D eigenvalue weighted by Crippen LogP contribution is 2.41. The number of ether oxygens (including phenoxy) is 4. The van der Waals surface area contributed by atoms with Crippen molar-refractivity contribution >= 4 is 39.8 Å². The normalized spacial score (nSPS) is 16.8. The molecule has 0 amide bonds. The number of allylic oxidation sites excluding steroid dienone is 1. The van der Waals surface area contributed by atoms with Crippen LogP contribution in [0.25, 0.3) is 11.3 Å². The fourth-order valence-corrected chi connectivity index (χ4v) is 5.70. The van der Waals surface area contributed by atoms with Crippen molar-refractivity contribution in [1.82, 2.24) is 4.98 Å². The second-order valence-corrected chi connectivity index (χ2v) is 10.2. The van der Waals surface area contributed by atoms with Gasteiger partial charge in [-0.2, -0.15) is 0 Å². The van der Waals surface area contributed by atoms with Crippen molar-refractivity contribution in [3.63, 3.8) is 0 Å². The Balaban J connectivity index is 1.70. The molecule has 0 saturated heterocycles. The molecule has 1 aliphatic heterocycles. The largest absolute Gasteiger partial charge is 0.493 e. The summed E-state index contributed by atoms with van der Waals surface area (Å²) in [4.78, 5) is 36.0. The lowest BCUT2D eigenvalue weighted by Crippen LogP contribution is -2.36. The summed E-state index contributed by atoms with van der Waals surface area (Å²) in [6.07, 6.45) is 0. The van der Waals surface area contributed by atoms with Crippen LogP contribution in [0.3, 0.4) is 0 Å². The molecule has 0 radical (unpaired) electrons. The van der Waals surface area contributed by atoms with Gasteiger partial charge >= 0.3 is 11.9 Å². The minimum Gasteiger partial charge on any atom is -0.493 e. The Morgan fingerprint density at radius 2 is 1.67 bits per heavy atom. The smallest absolute Gasteiger partial charge is 0.336 e. The number of esters is 2. The Labute approximate surface area is 231 Å². The van der Waals surface area contributed by atoms with Crippen LogP contribution in [0.4, 0.5) is 10.8 Å². The first-order valence-corrected chi connectivity index (χ1v) is 13.0. The number of benzene rings is 2. The van der Waals surface area contributed by atoms with Gasteiger partial charge in [-0.25, -0.2) is 9.78 Å². The Bertz CT molecular complexity index is 1480. The van der Waals surface area contributed by atoms with Gasteiger partial charge in [0.1, 0.15) is 5.92 Å². The first-order chi connectivity index (χ1) is 18.7. The van der Waals surface area contributed by atoms with E-state index in [1.807, 2.05) is 49.4 Å². The van der Waals surface area contributed by atoms with E-state index in [9.17, 15) is 9.59 Å². The standard InChI is InChI=1S/C29H31N3O6S/c1-15-23(27(33)37-6)25(24(16(2)30-15)28(34)38-7)18-9-8-10-20(13-18)31-29-32-26(17(3)39-29)19-11-12-21(35-4)22(14-19)36-5/h8-14,23,25H,1-7H3,(H,31,32). The summed E-state index contributed by atoms with van der Waals surface area (Å²) >= 11 is 1.52. The summed E-state index contributed by atoms with van der Waals surface area (Å²) in [5.41, 5.74) is 4.66. The van der Waals surface area contributed by atoms with E-state index in [0.717, 1.165) is 27.4 Å². The zero-order valence-corrected chi connectivity index (χ0v) is 23.8.